The minimum atomic E-state index is -3.73. The summed E-state index contributed by atoms with van der Waals surface area (Å²) < 4.78 is 30.5. The molecule has 26 heavy (non-hydrogen) atoms. The fourth-order valence-corrected chi connectivity index (χ4v) is 3.07. The zero-order chi connectivity index (χ0) is 19.2. The van der Waals surface area contributed by atoms with E-state index in [2.05, 4.69) is 5.32 Å². The van der Waals surface area contributed by atoms with E-state index in [-0.39, 0.29) is 10.8 Å². The fraction of sp³-hybridized carbons (Fsp3) is 0.278. The standard InChI is InChI=1S/C18H22N2O5S/c1-14-4-8-16(9-5-14)25-13-12-19-18(21)15-6-10-17(11-7-15)26(22,23)20(2)24-3/h4-11H,12-13H2,1-3H3,(H,19,21). The molecule has 1 amide bonds. The van der Waals surface area contributed by atoms with E-state index in [1.165, 1.54) is 38.4 Å². The van der Waals surface area contributed by atoms with Crippen molar-refractivity contribution in [3.8, 4) is 5.75 Å². The molecule has 0 aromatic heterocycles. The van der Waals surface area contributed by atoms with Crippen molar-refractivity contribution in [1.29, 1.82) is 0 Å². The van der Waals surface area contributed by atoms with E-state index in [0.717, 1.165) is 15.8 Å². The second-order valence-corrected chi connectivity index (χ2v) is 7.47. The van der Waals surface area contributed by atoms with E-state index in [0.29, 0.717) is 18.7 Å². The van der Waals surface area contributed by atoms with Crippen LogP contribution in [0.3, 0.4) is 0 Å². The fourth-order valence-electron chi connectivity index (χ4n) is 2.09. The number of hydrogen-bond donors (Lipinski definition) is 1. The number of sulfonamides is 1. The summed E-state index contributed by atoms with van der Waals surface area (Å²) in [5.74, 6) is 0.434. The summed E-state index contributed by atoms with van der Waals surface area (Å²) in [6, 6.07) is 13.3. The number of nitrogens with zero attached hydrogens (tertiary/aromatic N) is 1. The van der Waals surface area contributed by atoms with Crippen LogP contribution in [0.5, 0.6) is 5.75 Å². The van der Waals surface area contributed by atoms with Crippen LogP contribution in [0.4, 0.5) is 0 Å². The molecule has 1 N–H and O–H groups in total. The molecule has 2 aromatic rings. The van der Waals surface area contributed by atoms with Crippen LogP contribution in [-0.4, -0.2) is 46.1 Å². The van der Waals surface area contributed by atoms with Crippen molar-refractivity contribution in [3.63, 3.8) is 0 Å². The van der Waals surface area contributed by atoms with Gasteiger partial charge in [-0.1, -0.05) is 22.2 Å². The highest BCUT2D eigenvalue weighted by molar-refractivity contribution is 7.89. The van der Waals surface area contributed by atoms with Crippen LogP contribution in [0.1, 0.15) is 15.9 Å². The van der Waals surface area contributed by atoms with Gasteiger partial charge in [-0.25, -0.2) is 8.42 Å². The Bertz CT molecular complexity index is 833. The SMILES string of the molecule is CON(C)S(=O)(=O)c1ccc(C(=O)NCCOc2ccc(C)cc2)cc1. The van der Waals surface area contributed by atoms with Crippen molar-refractivity contribution in [2.24, 2.45) is 0 Å². The lowest BCUT2D eigenvalue weighted by molar-refractivity contribution is -0.0258. The number of carbonyl (C=O) groups excluding carboxylic acids is 1. The molecule has 2 aromatic carbocycles. The molecule has 0 fully saturated rings. The van der Waals surface area contributed by atoms with Crippen LogP contribution in [0.2, 0.25) is 0 Å². The maximum atomic E-state index is 12.1. The highest BCUT2D eigenvalue weighted by Crippen LogP contribution is 2.15. The van der Waals surface area contributed by atoms with Crippen LogP contribution in [0, 0.1) is 6.92 Å². The maximum absolute atomic E-state index is 12.1. The lowest BCUT2D eigenvalue weighted by Crippen LogP contribution is -2.28. The van der Waals surface area contributed by atoms with Crippen LogP contribution < -0.4 is 10.1 Å². The van der Waals surface area contributed by atoms with Gasteiger partial charge in [-0.2, -0.15) is 0 Å². The van der Waals surface area contributed by atoms with E-state index in [9.17, 15) is 13.2 Å². The normalized spacial score (nSPS) is 11.4. The van der Waals surface area contributed by atoms with Crippen molar-refractivity contribution >= 4 is 15.9 Å². The summed E-state index contributed by atoms with van der Waals surface area (Å²) >= 11 is 0. The molecule has 0 saturated carbocycles. The average Bonchev–Trinajstić information content (AvgIpc) is 2.65. The van der Waals surface area contributed by atoms with Crippen molar-refractivity contribution < 1.29 is 22.8 Å². The second-order valence-electron chi connectivity index (χ2n) is 5.54. The zero-order valence-electron chi connectivity index (χ0n) is 14.9. The van der Waals surface area contributed by atoms with E-state index in [4.69, 9.17) is 9.57 Å². The summed E-state index contributed by atoms with van der Waals surface area (Å²) in [5.41, 5.74) is 1.51. The Morgan fingerprint density at radius 3 is 2.27 bits per heavy atom. The molecule has 2 rings (SSSR count). The molecule has 0 unspecified atom stereocenters. The molecule has 8 heteroatoms. The minimum absolute atomic E-state index is 0.0427. The number of ether oxygens (including phenoxy) is 1. The first-order valence-electron chi connectivity index (χ1n) is 7.95. The van der Waals surface area contributed by atoms with Gasteiger partial charge in [0.05, 0.1) is 18.6 Å². The van der Waals surface area contributed by atoms with Crippen LogP contribution in [0.15, 0.2) is 53.4 Å². The Hall–Kier alpha value is -2.42. The van der Waals surface area contributed by atoms with Gasteiger partial charge >= 0.3 is 0 Å². The smallest absolute Gasteiger partial charge is 0.264 e. The van der Waals surface area contributed by atoms with E-state index in [1.54, 1.807) is 0 Å². The third kappa shape index (κ3) is 5.04. The van der Waals surface area contributed by atoms with Crippen molar-refractivity contribution in [2.45, 2.75) is 11.8 Å². The molecular weight excluding hydrogens is 356 g/mol. The zero-order valence-corrected chi connectivity index (χ0v) is 15.7. The van der Waals surface area contributed by atoms with Crippen LogP contribution in [0.25, 0.3) is 0 Å². The summed E-state index contributed by atoms with van der Waals surface area (Å²) in [6.07, 6.45) is 0. The van der Waals surface area contributed by atoms with Gasteiger partial charge in [0.15, 0.2) is 0 Å². The lowest BCUT2D eigenvalue weighted by Gasteiger charge is -2.14. The Morgan fingerprint density at radius 1 is 1.08 bits per heavy atom. The lowest BCUT2D eigenvalue weighted by atomic mass is 10.2. The molecule has 0 aliphatic heterocycles. The molecule has 0 aliphatic rings. The van der Waals surface area contributed by atoms with Gasteiger partial charge in [0.1, 0.15) is 12.4 Å². The van der Waals surface area contributed by atoms with Gasteiger partial charge in [0.25, 0.3) is 15.9 Å². The third-order valence-electron chi connectivity index (χ3n) is 3.69. The Morgan fingerprint density at radius 2 is 1.69 bits per heavy atom. The van der Waals surface area contributed by atoms with Crippen LogP contribution >= 0.6 is 0 Å². The number of hydroxylamine groups is 1. The number of amides is 1. The number of aryl methyl sites for hydroxylation is 1. The average molecular weight is 378 g/mol. The maximum Gasteiger partial charge on any atom is 0.264 e. The molecule has 0 radical (unpaired) electrons. The molecule has 0 spiro atoms. The predicted molar refractivity (Wildman–Crippen MR) is 97.4 cm³/mol. The highest BCUT2D eigenvalue weighted by atomic mass is 32.2. The number of carbonyl (C=O) groups is 1. The van der Waals surface area contributed by atoms with Gasteiger partial charge in [-0.15, -0.1) is 0 Å². The number of nitrogens with one attached hydrogen (secondary N) is 1. The summed E-state index contributed by atoms with van der Waals surface area (Å²) in [7, 11) is -1.17. The largest absolute Gasteiger partial charge is 0.492 e. The molecule has 7 nitrogen and oxygen atoms in total. The van der Waals surface area contributed by atoms with Gasteiger partial charge in [0.2, 0.25) is 0 Å². The summed E-state index contributed by atoms with van der Waals surface area (Å²) in [4.78, 5) is 16.9. The predicted octanol–water partition coefficient (Wildman–Crippen LogP) is 1.99. The monoisotopic (exact) mass is 378 g/mol. The Balaban J connectivity index is 1.87. The van der Waals surface area contributed by atoms with Gasteiger partial charge in [0, 0.05) is 12.6 Å². The van der Waals surface area contributed by atoms with E-state index < -0.39 is 10.0 Å². The summed E-state index contributed by atoms with van der Waals surface area (Å²) in [5, 5.41) is 2.72. The molecule has 0 saturated heterocycles. The number of hydrogen-bond acceptors (Lipinski definition) is 5. The van der Waals surface area contributed by atoms with Crippen molar-refractivity contribution in [3.05, 3.63) is 59.7 Å². The second kappa shape index (κ2) is 8.79. The first kappa shape index (κ1) is 19.9. The molecule has 0 atom stereocenters. The molecular formula is C18H22N2O5S. The summed E-state index contributed by atoms with van der Waals surface area (Å²) in [6.45, 7) is 2.66. The first-order valence-corrected chi connectivity index (χ1v) is 9.39. The quantitative estimate of drug-likeness (QED) is 0.561. The number of benzene rings is 2. The van der Waals surface area contributed by atoms with Crippen molar-refractivity contribution in [1.82, 2.24) is 9.79 Å². The molecule has 0 aliphatic carbocycles. The first-order chi connectivity index (χ1) is 12.3. The highest BCUT2D eigenvalue weighted by Gasteiger charge is 2.20. The molecule has 140 valence electrons. The topological polar surface area (TPSA) is 84.9 Å². The Labute approximate surface area is 153 Å². The van der Waals surface area contributed by atoms with E-state index in [1.807, 2.05) is 31.2 Å². The van der Waals surface area contributed by atoms with E-state index >= 15 is 0 Å². The van der Waals surface area contributed by atoms with Gasteiger partial charge in [-0.05, 0) is 43.3 Å². The van der Waals surface area contributed by atoms with Crippen LogP contribution in [-0.2, 0) is 14.9 Å². The minimum Gasteiger partial charge on any atom is -0.492 e. The van der Waals surface area contributed by atoms with Gasteiger partial charge in [-0.3, -0.25) is 9.63 Å². The number of rotatable bonds is 8. The Kier molecular flexibility index (Phi) is 6.73. The van der Waals surface area contributed by atoms with Gasteiger partial charge < -0.3 is 10.1 Å². The third-order valence-corrected chi connectivity index (χ3v) is 5.38. The van der Waals surface area contributed by atoms with Crippen molar-refractivity contribution in [2.75, 3.05) is 27.3 Å². The molecule has 0 bridgehead atoms. The molecule has 0 heterocycles.